The van der Waals surface area contributed by atoms with Crippen molar-refractivity contribution in [1.82, 2.24) is 19.5 Å². The van der Waals surface area contributed by atoms with Crippen LogP contribution in [0.15, 0.2) is 51.3 Å². The number of nitrogen functional groups attached to an aromatic ring is 1. The van der Waals surface area contributed by atoms with Gasteiger partial charge in [-0.25, -0.2) is 15.0 Å². The lowest BCUT2D eigenvalue weighted by Crippen LogP contribution is -2.14. The fourth-order valence-electron chi connectivity index (χ4n) is 3.17. The van der Waals surface area contributed by atoms with Gasteiger partial charge in [-0.05, 0) is 24.3 Å². The van der Waals surface area contributed by atoms with Crippen LogP contribution in [0.25, 0.3) is 22.5 Å². The van der Waals surface area contributed by atoms with Crippen LogP contribution in [-0.2, 0) is 11.3 Å². The molecule has 0 atom stereocenters. The smallest absolute Gasteiger partial charge is 0.231 e. The van der Waals surface area contributed by atoms with Crippen molar-refractivity contribution in [1.29, 1.82) is 0 Å². The van der Waals surface area contributed by atoms with E-state index in [0.29, 0.717) is 40.1 Å². The van der Waals surface area contributed by atoms with Crippen LogP contribution in [0.2, 0.25) is 0 Å². The van der Waals surface area contributed by atoms with Gasteiger partial charge in [0.2, 0.25) is 12.7 Å². The maximum atomic E-state index is 11.4. The van der Waals surface area contributed by atoms with Crippen LogP contribution >= 0.6 is 11.8 Å². The Morgan fingerprint density at radius 1 is 1.23 bits per heavy atom. The second-order valence-corrected chi connectivity index (χ2v) is 7.48. The molecular formula is C19H16N6O4S. The molecule has 10 nitrogen and oxygen atoms in total. The Hall–Kier alpha value is -3.73. The van der Waals surface area contributed by atoms with Gasteiger partial charge in [0, 0.05) is 23.4 Å². The van der Waals surface area contributed by atoms with E-state index in [1.807, 2.05) is 24.3 Å². The van der Waals surface area contributed by atoms with Crippen molar-refractivity contribution < 1.29 is 18.7 Å². The maximum Gasteiger partial charge on any atom is 0.231 e. The molecule has 1 aliphatic rings. The monoisotopic (exact) mass is 424 g/mol. The number of hydrogen-bond acceptors (Lipinski definition) is 9. The highest BCUT2D eigenvalue weighted by Gasteiger charge is 2.23. The SMILES string of the molecule is NC(=O)CCn1c(Sc2cc3c(cc2-c2ccco2)OCO3)nc2c(N)ncnc21. The Morgan fingerprint density at radius 2 is 2.07 bits per heavy atom. The zero-order valence-electron chi connectivity index (χ0n) is 15.6. The normalized spacial score (nSPS) is 12.5. The molecule has 0 spiro atoms. The average molecular weight is 424 g/mol. The fraction of sp³-hybridized carbons (Fsp3) is 0.158. The molecule has 4 aromatic rings. The summed E-state index contributed by atoms with van der Waals surface area (Å²) in [6, 6.07) is 7.42. The van der Waals surface area contributed by atoms with Crippen LogP contribution in [0, 0.1) is 0 Å². The number of anilines is 1. The number of benzene rings is 1. The highest BCUT2D eigenvalue weighted by atomic mass is 32.2. The molecule has 1 aromatic carbocycles. The summed E-state index contributed by atoms with van der Waals surface area (Å²) in [4.78, 5) is 25.1. The first kappa shape index (κ1) is 18.3. The number of aryl methyl sites for hydroxylation is 1. The van der Waals surface area contributed by atoms with Crippen LogP contribution in [0.3, 0.4) is 0 Å². The largest absolute Gasteiger partial charge is 0.464 e. The molecule has 1 aliphatic heterocycles. The summed E-state index contributed by atoms with van der Waals surface area (Å²) in [5.74, 6) is 1.79. The molecule has 0 saturated heterocycles. The van der Waals surface area contributed by atoms with Gasteiger partial charge < -0.3 is 29.9 Å². The quantitative estimate of drug-likeness (QED) is 0.476. The minimum atomic E-state index is -0.422. The average Bonchev–Trinajstić information content (AvgIpc) is 3.46. The lowest BCUT2D eigenvalue weighted by molar-refractivity contribution is -0.118. The first-order chi connectivity index (χ1) is 14.6. The van der Waals surface area contributed by atoms with E-state index in [2.05, 4.69) is 15.0 Å². The Labute approximate surface area is 174 Å². The van der Waals surface area contributed by atoms with Crippen LogP contribution in [0.1, 0.15) is 6.42 Å². The van der Waals surface area contributed by atoms with E-state index in [4.69, 9.17) is 25.4 Å². The summed E-state index contributed by atoms with van der Waals surface area (Å²) in [6.45, 7) is 0.468. The lowest BCUT2D eigenvalue weighted by atomic mass is 10.1. The van der Waals surface area contributed by atoms with Crippen molar-refractivity contribution in [2.75, 3.05) is 12.5 Å². The third kappa shape index (κ3) is 3.18. The van der Waals surface area contributed by atoms with Gasteiger partial charge in [0.1, 0.15) is 12.1 Å². The van der Waals surface area contributed by atoms with Crippen LogP contribution in [-0.4, -0.2) is 32.2 Å². The third-order valence-corrected chi connectivity index (χ3v) is 5.62. The molecule has 0 saturated carbocycles. The summed E-state index contributed by atoms with van der Waals surface area (Å²) in [5.41, 5.74) is 13.2. The first-order valence-electron chi connectivity index (χ1n) is 9.00. The molecule has 5 rings (SSSR count). The summed E-state index contributed by atoms with van der Waals surface area (Å²) in [5, 5.41) is 0.588. The van der Waals surface area contributed by atoms with E-state index in [9.17, 15) is 4.79 Å². The molecule has 0 aliphatic carbocycles. The standard InChI is InChI=1S/C19H16N6O4S/c20-15(26)3-4-25-18-16(17(21)22-8-23-18)24-19(25)30-14-7-13-12(28-9-29-13)6-10(14)11-2-1-5-27-11/h1-2,5-8H,3-4,9H2,(H2,20,26)(H2,21,22,23). The maximum absolute atomic E-state index is 11.4. The van der Waals surface area contributed by atoms with Crippen LogP contribution < -0.4 is 20.9 Å². The van der Waals surface area contributed by atoms with Crippen molar-refractivity contribution in [3.05, 3.63) is 36.9 Å². The highest BCUT2D eigenvalue weighted by molar-refractivity contribution is 7.99. The summed E-state index contributed by atoms with van der Waals surface area (Å²) in [7, 11) is 0. The van der Waals surface area contributed by atoms with E-state index in [-0.39, 0.29) is 19.0 Å². The molecule has 152 valence electrons. The van der Waals surface area contributed by atoms with Gasteiger partial charge in [0.15, 0.2) is 33.6 Å². The molecule has 4 N–H and O–H groups in total. The van der Waals surface area contributed by atoms with E-state index in [1.165, 1.54) is 18.1 Å². The number of aromatic nitrogens is 4. The third-order valence-electron chi connectivity index (χ3n) is 4.57. The number of rotatable bonds is 6. The number of carbonyl (C=O) groups is 1. The Morgan fingerprint density at radius 3 is 2.83 bits per heavy atom. The lowest BCUT2D eigenvalue weighted by Gasteiger charge is -2.10. The predicted octanol–water partition coefficient (Wildman–Crippen LogP) is 2.42. The van der Waals surface area contributed by atoms with Crippen molar-refractivity contribution in [3.8, 4) is 22.8 Å². The molecule has 0 radical (unpaired) electrons. The molecule has 0 fully saturated rings. The van der Waals surface area contributed by atoms with Gasteiger partial charge in [-0.15, -0.1) is 0 Å². The molecule has 1 amide bonds. The number of ether oxygens (including phenoxy) is 2. The zero-order valence-corrected chi connectivity index (χ0v) is 16.4. The molecule has 0 bridgehead atoms. The number of carbonyl (C=O) groups excluding carboxylic acids is 1. The van der Waals surface area contributed by atoms with Crippen molar-refractivity contribution >= 4 is 34.7 Å². The minimum Gasteiger partial charge on any atom is -0.464 e. The number of nitrogens with two attached hydrogens (primary N) is 2. The van der Waals surface area contributed by atoms with Gasteiger partial charge >= 0.3 is 0 Å². The Kier molecular flexibility index (Phi) is 4.43. The summed E-state index contributed by atoms with van der Waals surface area (Å²) in [6.07, 6.45) is 3.10. The molecule has 30 heavy (non-hydrogen) atoms. The number of primary amides is 1. The number of fused-ring (bicyclic) bond motifs is 2. The van der Waals surface area contributed by atoms with E-state index in [0.717, 1.165) is 10.5 Å². The van der Waals surface area contributed by atoms with Gasteiger partial charge in [0.05, 0.1) is 6.26 Å². The summed E-state index contributed by atoms with van der Waals surface area (Å²) < 4.78 is 18.5. The highest BCUT2D eigenvalue weighted by Crippen LogP contribution is 2.45. The predicted molar refractivity (Wildman–Crippen MR) is 108 cm³/mol. The Balaban J connectivity index is 1.63. The number of imidazole rings is 1. The van der Waals surface area contributed by atoms with Crippen molar-refractivity contribution in [2.45, 2.75) is 23.0 Å². The Bertz CT molecular complexity index is 1250. The van der Waals surface area contributed by atoms with Gasteiger partial charge in [0.25, 0.3) is 0 Å². The van der Waals surface area contributed by atoms with Crippen molar-refractivity contribution in [2.24, 2.45) is 5.73 Å². The topological polar surface area (TPSA) is 144 Å². The van der Waals surface area contributed by atoms with Crippen molar-refractivity contribution in [3.63, 3.8) is 0 Å². The number of amides is 1. The van der Waals surface area contributed by atoms with E-state index in [1.54, 1.807) is 10.8 Å². The molecular weight excluding hydrogens is 408 g/mol. The molecule has 11 heteroatoms. The molecule has 4 heterocycles. The molecule has 0 unspecified atom stereocenters. The minimum absolute atomic E-state index is 0.134. The van der Waals surface area contributed by atoms with Gasteiger partial charge in [-0.1, -0.05) is 11.8 Å². The van der Waals surface area contributed by atoms with Crippen LogP contribution in [0.5, 0.6) is 11.5 Å². The van der Waals surface area contributed by atoms with E-state index >= 15 is 0 Å². The molecule has 3 aromatic heterocycles. The van der Waals surface area contributed by atoms with E-state index < -0.39 is 5.91 Å². The number of furan rings is 1. The van der Waals surface area contributed by atoms with Crippen LogP contribution in [0.4, 0.5) is 5.82 Å². The van der Waals surface area contributed by atoms with Gasteiger partial charge in [-0.3, -0.25) is 4.79 Å². The number of hydrogen-bond donors (Lipinski definition) is 2. The number of nitrogens with zero attached hydrogens (tertiary/aromatic N) is 4. The first-order valence-corrected chi connectivity index (χ1v) is 9.82. The second kappa shape index (κ2) is 7.26. The van der Waals surface area contributed by atoms with Gasteiger partial charge in [-0.2, -0.15) is 0 Å². The fourth-order valence-corrected chi connectivity index (χ4v) is 4.22. The summed E-state index contributed by atoms with van der Waals surface area (Å²) >= 11 is 1.37. The second-order valence-electron chi connectivity index (χ2n) is 6.47. The zero-order chi connectivity index (χ0) is 20.7.